The molecule has 1 fully saturated rings. The van der Waals surface area contributed by atoms with Gasteiger partial charge in [-0.25, -0.2) is 4.98 Å². The summed E-state index contributed by atoms with van der Waals surface area (Å²) in [7, 11) is 2.14. The standard InChI is InChI=1S/C25H27N5O3/c1-17-23-19(15-20(22-9-6-14-32-22)27-25(23)33-28-17)24(31)26-21(18-7-4-3-5-8-18)16-30-12-10-29(2)11-13-30/h3-9,14-15,21H,10-13,16H2,1-2H3,(H,26,31). The summed E-state index contributed by atoms with van der Waals surface area (Å²) < 4.78 is 10.9. The van der Waals surface area contributed by atoms with Crippen LogP contribution in [-0.2, 0) is 0 Å². The van der Waals surface area contributed by atoms with Gasteiger partial charge in [0.2, 0.25) is 0 Å². The van der Waals surface area contributed by atoms with Gasteiger partial charge in [-0.15, -0.1) is 0 Å². The Morgan fingerprint density at radius 1 is 1.12 bits per heavy atom. The molecule has 1 N–H and O–H groups in total. The molecule has 33 heavy (non-hydrogen) atoms. The molecule has 1 unspecified atom stereocenters. The van der Waals surface area contributed by atoms with E-state index >= 15 is 0 Å². The first kappa shape index (κ1) is 21.4. The van der Waals surface area contributed by atoms with Crippen molar-refractivity contribution in [3.63, 3.8) is 0 Å². The highest BCUT2D eigenvalue weighted by Crippen LogP contribution is 2.28. The van der Waals surface area contributed by atoms with Gasteiger partial charge in [0.15, 0.2) is 5.76 Å². The summed E-state index contributed by atoms with van der Waals surface area (Å²) in [5.74, 6) is 0.376. The molecule has 4 heterocycles. The summed E-state index contributed by atoms with van der Waals surface area (Å²) in [6.07, 6.45) is 1.58. The van der Waals surface area contributed by atoms with E-state index in [0.717, 1.165) is 38.3 Å². The molecule has 1 aliphatic heterocycles. The number of aromatic nitrogens is 2. The second-order valence-electron chi connectivity index (χ2n) is 8.52. The molecular formula is C25H27N5O3. The minimum Gasteiger partial charge on any atom is -0.463 e. The van der Waals surface area contributed by atoms with Crippen LogP contribution >= 0.6 is 0 Å². The van der Waals surface area contributed by atoms with Crippen LogP contribution < -0.4 is 5.32 Å². The molecule has 170 valence electrons. The lowest BCUT2D eigenvalue weighted by molar-refractivity contribution is 0.0908. The van der Waals surface area contributed by atoms with Crippen molar-refractivity contribution in [2.75, 3.05) is 39.8 Å². The third-order valence-electron chi connectivity index (χ3n) is 6.18. The summed E-state index contributed by atoms with van der Waals surface area (Å²) in [6, 6.07) is 15.3. The van der Waals surface area contributed by atoms with E-state index in [-0.39, 0.29) is 11.9 Å². The lowest BCUT2D eigenvalue weighted by Gasteiger charge is -2.35. The van der Waals surface area contributed by atoms with Crippen molar-refractivity contribution in [3.05, 3.63) is 71.6 Å². The Morgan fingerprint density at radius 3 is 2.64 bits per heavy atom. The van der Waals surface area contributed by atoms with Gasteiger partial charge in [-0.05, 0) is 37.7 Å². The molecule has 8 heteroatoms. The number of carbonyl (C=O) groups is 1. The number of furan rings is 1. The van der Waals surface area contributed by atoms with E-state index in [0.29, 0.717) is 33.8 Å². The minimum atomic E-state index is -0.190. The van der Waals surface area contributed by atoms with E-state index in [4.69, 9.17) is 8.94 Å². The number of carbonyl (C=O) groups excluding carboxylic acids is 1. The van der Waals surface area contributed by atoms with Crippen LogP contribution in [-0.4, -0.2) is 65.6 Å². The fourth-order valence-corrected chi connectivity index (χ4v) is 4.27. The van der Waals surface area contributed by atoms with Crippen LogP contribution in [0.1, 0.15) is 27.7 Å². The van der Waals surface area contributed by atoms with E-state index in [2.05, 4.69) is 44.4 Å². The molecule has 0 saturated carbocycles. The number of rotatable bonds is 6. The first-order valence-electron chi connectivity index (χ1n) is 11.2. The molecule has 8 nitrogen and oxygen atoms in total. The quantitative estimate of drug-likeness (QED) is 0.486. The van der Waals surface area contributed by atoms with Crippen molar-refractivity contribution >= 4 is 17.0 Å². The molecule has 1 atom stereocenters. The molecule has 0 radical (unpaired) electrons. The van der Waals surface area contributed by atoms with Gasteiger partial charge in [0.25, 0.3) is 11.6 Å². The Kier molecular flexibility index (Phi) is 5.93. The average Bonchev–Trinajstić information content (AvgIpc) is 3.50. The maximum atomic E-state index is 13.6. The first-order chi connectivity index (χ1) is 16.1. The predicted molar refractivity (Wildman–Crippen MR) is 125 cm³/mol. The second-order valence-corrected chi connectivity index (χ2v) is 8.52. The molecule has 5 rings (SSSR count). The molecule has 1 aromatic carbocycles. The van der Waals surface area contributed by atoms with E-state index in [1.165, 1.54) is 0 Å². The Hall–Kier alpha value is -3.49. The molecule has 1 saturated heterocycles. The zero-order valence-electron chi connectivity index (χ0n) is 18.8. The normalized spacial score (nSPS) is 16.2. The van der Waals surface area contributed by atoms with Crippen LogP contribution in [0.5, 0.6) is 0 Å². The summed E-state index contributed by atoms with van der Waals surface area (Å²) in [5, 5.41) is 7.93. The van der Waals surface area contributed by atoms with Crippen LogP contribution in [0.25, 0.3) is 22.6 Å². The molecule has 1 aliphatic rings. The van der Waals surface area contributed by atoms with Gasteiger partial charge >= 0.3 is 0 Å². The maximum Gasteiger partial charge on any atom is 0.259 e. The number of nitrogens with one attached hydrogen (secondary N) is 1. The van der Waals surface area contributed by atoms with Crippen molar-refractivity contribution in [1.82, 2.24) is 25.3 Å². The smallest absolute Gasteiger partial charge is 0.259 e. The monoisotopic (exact) mass is 445 g/mol. The van der Waals surface area contributed by atoms with Gasteiger partial charge in [0.05, 0.1) is 28.9 Å². The van der Waals surface area contributed by atoms with Crippen LogP contribution in [0.15, 0.2) is 63.7 Å². The Balaban J connectivity index is 1.47. The van der Waals surface area contributed by atoms with Crippen LogP contribution in [0.3, 0.4) is 0 Å². The van der Waals surface area contributed by atoms with E-state index in [9.17, 15) is 4.79 Å². The van der Waals surface area contributed by atoms with E-state index in [1.807, 2.05) is 25.1 Å². The fourth-order valence-electron chi connectivity index (χ4n) is 4.27. The number of amides is 1. The molecule has 0 bridgehead atoms. The first-order valence-corrected chi connectivity index (χ1v) is 11.2. The Morgan fingerprint density at radius 2 is 1.91 bits per heavy atom. The van der Waals surface area contributed by atoms with E-state index < -0.39 is 0 Å². The molecule has 3 aromatic heterocycles. The summed E-state index contributed by atoms with van der Waals surface area (Å²) in [4.78, 5) is 22.9. The number of aryl methyl sites for hydroxylation is 1. The largest absolute Gasteiger partial charge is 0.463 e. The lowest BCUT2D eigenvalue weighted by Crippen LogP contribution is -2.47. The lowest BCUT2D eigenvalue weighted by atomic mass is 10.0. The van der Waals surface area contributed by atoms with E-state index in [1.54, 1.807) is 24.5 Å². The van der Waals surface area contributed by atoms with Crippen LogP contribution in [0.2, 0.25) is 0 Å². The predicted octanol–water partition coefficient (Wildman–Crippen LogP) is 3.51. The van der Waals surface area contributed by atoms with Gasteiger partial charge in [0.1, 0.15) is 5.69 Å². The number of likely N-dealkylation sites (N-methyl/N-ethyl adjacent to an activating group) is 1. The van der Waals surface area contributed by atoms with Crippen molar-refractivity contribution in [3.8, 4) is 11.5 Å². The molecule has 4 aromatic rings. The van der Waals surface area contributed by atoms with Crippen molar-refractivity contribution in [2.45, 2.75) is 13.0 Å². The SMILES string of the molecule is Cc1noc2nc(-c3ccco3)cc(C(=O)NC(CN3CCN(C)CC3)c3ccccc3)c12. The fraction of sp³-hybridized carbons (Fsp3) is 0.320. The highest BCUT2D eigenvalue weighted by atomic mass is 16.5. The third kappa shape index (κ3) is 4.53. The summed E-state index contributed by atoms with van der Waals surface area (Å²) in [5.41, 5.74) is 3.03. The summed E-state index contributed by atoms with van der Waals surface area (Å²) >= 11 is 0. The third-order valence-corrected chi connectivity index (χ3v) is 6.18. The van der Waals surface area contributed by atoms with Crippen molar-refractivity contribution in [1.29, 1.82) is 0 Å². The summed E-state index contributed by atoms with van der Waals surface area (Å²) in [6.45, 7) is 6.55. The Bertz CT molecular complexity index is 1230. The number of pyridine rings is 1. The van der Waals surface area contributed by atoms with Crippen molar-refractivity contribution < 1.29 is 13.7 Å². The van der Waals surface area contributed by atoms with Gasteiger partial charge in [-0.2, -0.15) is 0 Å². The van der Waals surface area contributed by atoms with Crippen LogP contribution in [0, 0.1) is 6.92 Å². The number of nitrogens with zero attached hydrogens (tertiary/aromatic N) is 4. The maximum absolute atomic E-state index is 13.6. The zero-order valence-corrected chi connectivity index (χ0v) is 18.8. The molecule has 0 spiro atoms. The highest BCUT2D eigenvalue weighted by Gasteiger charge is 2.25. The Labute approximate surface area is 192 Å². The highest BCUT2D eigenvalue weighted by molar-refractivity contribution is 6.07. The zero-order chi connectivity index (χ0) is 22.8. The van der Waals surface area contributed by atoms with Crippen molar-refractivity contribution in [2.24, 2.45) is 0 Å². The van der Waals surface area contributed by atoms with Gasteiger partial charge in [0, 0.05) is 32.7 Å². The number of benzene rings is 1. The average molecular weight is 446 g/mol. The van der Waals surface area contributed by atoms with Gasteiger partial charge in [-0.1, -0.05) is 35.5 Å². The number of hydrogen-bond acceptors (Lipinski definition) is 7. The van der Waals surface area contributed by atoms with Crippen LogP contribution in [0.4, 0.5) is 0 Å². The topological polar surface area (TPSA) is 87.6 Å². The number of piperazine rings is 1. The molecule has 0 aliphatic carbocycles. The number of fused-ring (bicyclic) bond motifs is 1. The molecule has 1 amide bonds. The van der Waals surface area contributed by atoms with Gasteiger partial charge in [-0.3, -0.25) is 9.69 Å². The second kappa shape index (κ2) is 9.17. The number of hydrogen-bond donors (Lipinski definition) is 1. The van der Waals surface area contributed by atoms with Gasteiger partial charge < -0.3 is 19.2 Å². The molecular weight excluding hydrogens is 418 g/mol. The minimum absolute atomic E-state index is 0.155.